The van der Waals surface area contributed by atoms with Gasteiger partial charge in [0.2, 0.25) is 0 Å². The molecule has 0 aromatic heterocycles. The smallest absolute Gasteiger partial charge is 0.308 e. The van der Waals surface area contributed by atoms with Gasteiger partial charge in [0.05, 0.1) is 24.2 Å². The van der Waals surface area contributed by atoms with Crippen molar-refractivity contribution in [2.75, 3.05) is 0 Å². The summed E-state index contributed by atoms with van der Waals surface area (Å²) in [5, 5.41) is 40.9. The Morgan fingerprint density at radius 3 is 2.47 bits per heavy atom. The highest BCUT2D eigenvalue weighted by Gasteiger charge is 2.61. The zero-order valence-corrected chi connectivity index (χ0v) is 20.3. The van der Waals surface area contributed by atoms with E-state index in [1.165, 1.54) is 12.0 Å². The van der Waals surface area contributed by atoms with Crippen LogP contribution in [0.2, 0.25) is 0 Å². The highest BCUT2D eigenvalue weighted by molar-refractivity contribution is 5.70. The van der Waals surface area contributed by atoms with E-state index in [1.807, 2.05) is 0 Å². The number of carbonyl (C=O) groups is 1. The minimum absolute atomic E-state index is 0.116. The van der Waals surface area contributed by atoms with E-state index in [9.17, 15) is 25.2 Å². The Bertz CT molecular complexity index is 748. The van der Waals surface area contributed by atoms with Gasteiger partial charge in [0.1, 0.15) is 0 Å². The van der Waals surface area contributed by atoms with Crippen molar-refractivity contribution < 1.29 is 25.2 Å². The second-order valence-corrected chi connectivity index (χ2v) is 12.3. The first kappa shape index (κ1) is 24.2. The molecule has 0 radical (unpaired) electrons. The Hall–Kier alpha value is -0.910. The van der Waals surface area contributed by atoms with Crippen molar-refractivity contribution in [3.63, 3.8) is 0 Å². The molecule has 0 spiro atoms. The Morgan fingerprint density at radius 1 is 1.06 bits per heavy atom. The van der Waals surface area contributed by atoms with Crippen molar-refractivity contribution in [2.24, 2.45) is 46.3 Å². The maximum atomic E-state index is 11.3. The molecule has 5 heteroatoms. The standard InChI is InChI=1S/C27H44O5/c1-15(5-8-22(29)16(2)25(31)32)19-6-7-20-24-21(10-12-27(19,20)4)26(3)11-9-18(28)13-17(26)14-23(24)30/h14-16,18-24,28-30H,5-13H2,1-4H3,(H,31,32)/t15?,16-,18+,19?,20?,21?,22?,23?,24?,26?,27?/m1/s1. The number of carboxylic acid groups (broad SMARTS) is 1. The molecular weight excluding hydrogens is 404 g/mol. The first-order chi connectivity index (χ1) is 15.0. The maximum Gasteiger partial charge on any atom is 0.308 e. The SMILES string of the molecule is CC(CCC(O)[C@@H](C)C(=O)O)C1CCC2C3C(O)C=C4C[C@@H](O)CCC4(C)C3CCC12C. The molecule has 182 valence electrons. The van der Waals surface area contributed by atoms with Gasteiger partial charge in [-0.2, -0.15) is 0 Å². The quantitative estimate of drug-likeness (QED) is 0.452. The number of aliphatic carboxylic acids is 1. The molecule has 9 unspecified atom stereocenters. The van der Waals surface area contributed by atoms with Crippen LogP contribution in [0.4, 0.5) is 0 Å². The van der Waals surface area contributed by atoms with Gasteiger partial charge in [0, 0.05) is 0 Å². The zero-order chi connectivity index (χ0) is 23.4. The van der Waals surface area contributed by atoms with Crippen LogP contribution in [0.5, 0.6) is 0 Å². The molecule has 3 saturated carbocycles. The van der Waals surface area contributed by atoms with Gasteiger partial charge in [-0.1, -0.05) is 32.4 Å². The van der Waals surface area contributed by atoms with Crippen molar-refractivity contribution in [1.82, 2.24) is 0 Å². The van der Waals surface area contributed by atoms with Crippen molar-refractivity contribution in [2.45, 2.75) is 104 Å². The van der Waals surface area contributed by atoms with Gasteiger partial charge in [-0.15, -0.1) is 0 Å². The van der Waals surface area contributed by atoms with Gasteiger partial charge < -0.3 is 20.4 Å². The van der Waals surface area contributed by atoms with E-state index in [0.717, 1.165) is 44.9 Å². The van der Waals surface area contributed by atoms with Crippen LogP contribution in [-0.2, 0) is 4.79 Å². The molecule has 4 aliphatic carbocycles. The lowest BCUT2D eigenvalue weighted by molar-refractivity contribution is -0.145. The predicted octanol–water partition coefficient (Wildman–Crippen LogP) is 4.40. The first-order valence-electron chi connectivity index (χ1n) is 13.0. The van der Waals surface area contributed by atoms with Crippen LogP contribution in [0.1, 0.15) is 85.5 Å². The van der Waals surface area contributed by atoms with Crippen LogP contribution in [-0.4, -0.2) is 44.7 Å². The highest BCUT2D eigenvalue weighted by Crippen LogP contribution is 2.67. The second kappa shape index (κ2) is 8.70. The molecule has 0 aliphatic heterocycles. The van der Waals surface area contributed by atoms with E-state index in [1.54, 1.807) is 6.92 Å². The van der Waals surface area contributed by atoms with Crippen LogP contribution in [0, 0.1) is 46.3 Å². The average Bonchev–Trinajstić information content (AvgIpc) is 3.09. The molecule has 0 saturated heterocycles. The summed E-state index contributed by atoms with van der Waals surface area (Å²) in [6, 6.07) is 0. The first-order valence-corrected chi connectivity index (χ1v) is 13.0. The minimum Gasteiger partial charge on any atom is -0.481 e. The molecule has 5 nitrogen and oxygen atoms in total. The second-order valence-electron chi connectivity index (χ2n) is 12.3. The van der Waals surface area contributed by atoms with E-state index < -0.39 is 24.1 Å². The number of fused-ring (bicyclic) bond motifs is 5. The molecule has 4 aliphatic rings. The lowest BCUT2D eigenvalue weighted by Crippen LogP contribution is -2.55. The van der Waals surface area contributed by atoms with Crippen molar-refractivity contribution in [3.05, 3.63) is 11.6 Å². The third-order valence-corrected chi connectivity index (χ3v) is 10.7. The topological polar surface area (TPSA) is 98.0 Å². The normalized spacial score (nSPS) is 46.3. The summed E-state index contributed by atoms with van der Waals surface area (Å²) < 4.78 is 0. The molecule has 0 bridgehead atoms. The lowest BCUT2D eigenvalue weighted by Gasteiger charge is -2.59. The highest BCUT2D eigenvalue weighted by atomic mass is 16.4. The number of aliphatic hydroxyl groups is 3. The van der Waals surface area contributed by atoms with Gasteiger partial charge in [0.15, 0.2) is 0 Å². The molecule has 4 N–H and O–H groups in total. The molecular formula is C27H44O5. The Balaban J connectivity index is 1.49. The number of aliphatic hydroxyl groups excluding tert-OH is 3. The Labute approximate surface area is 193 Å². The summed E-state index contributed by atoms with van der Waals surface area (Å²) >= 11 is 0. The third-order valence-electron chi connectivity index (χ3n) is 10.7. The number of hydrogen-bond donors (Lipinski definition) is 4. The zero-order valence-electron chi connectivity index (χ0n) is 20.3. The van der Waals surface area contributed by atoms with Crippen molar-refractivity contribution >= 4 is 5.97 Å². The number of carboxylic acids is 1. The molecule has 0 aromatic rings. The maximum absolute atomic E-state index is 11.3. The molecule has 3 fully saturated rings. The molecule has 0 heterocycles. The summed E-state index contributed by atoms with van der Waals surface area (Å²) in [6.45, 7) is 8.69. The predicted molar refractivity (Wildman–Crippen MR) is 124 cm³/mol. The fraction of sp³-hybridized carbons (Fsp3) is 0.889. The number of rotatable bonds is 6. The van der Waals surface area contributed by atoms with Crippen molar-refractivity contribution in [3.8, 4) is 0 Å². The minimum atomic E-state index is -0.932. The molecule has 11 atom stereocenters. The van der Waals surface area contributed by atoms with E-state index in [0.29, 0.717) is 36.0 Å². The molecule has 0 amide bonds. The summed E-state index contributed by atoms with van der Waals surface area (Å²) in [7, 11) is 0. The van der Waals surface area contributed by atoms with Gasteiger partial charge in [-0.3, -0.25) is 4.79 Å². The van der Waals surface area contributed by atoms with Crippen LogP contribution >= 0.6 is 0 Å². The van der Waals surface area contributed by atoms with Gasteiger partial charge in [-0.05, 0) is 105 Å². The average molecular weight is 449 g/mol. The third kappa shape index (κ3) is 3.86. The van der Waals surface area contributed by atoms with Crippen LogP contribution in [0.25, 0.3) is 0 Å². The molecule has 4 rings (SSSR count). The Kier molecular flexibility index (Phi) is 6.59. The van der Waals surface area contributed by atoms with E-state index in [-0.39, 0.29) is 16.9 Å². The van der Waals surface area contributed by atoms with Crippen LogP contribution < -0.4 is 0 Å². The van der Waals surface area contributed by atoms with Gasteiger partial charge in [0.25, 0.3) is 0 Å². The van der Waals surface area contributed by atoms with Crippen LogP contribution in [0.15, 0.2) is 11.6 Å². The van der Waals surface area contributed by atoms with Gasteiger partial charge >= 0.3 is 5.97 Å². The summed E-state index contributed by atoms with van der Waals surface area (Å²) in [5.41, 5.74) is 1.60. The van der Waals surface area contributed by atoms with Crippen LogP contribution in [0.3, 0.4) is 0 Å². The number of hydrogen-bond acceptors (Lipinski definition) is 4. The molecule has 32 heavy (non-hydrogen) atoms. The Morgan fingerprint density at radius 2 is 1.78 bits per heavy atom. The summed E-state index contributed by atoms with van der Waals surface area (Å²) in [4.78, 5) is 11.2. The summed E-state index contributed by atoms with van der Waals surface area (Å²) in [6.07, 6.45) is 9.27. The fourth-order valence-corrected chi connectivity index (χ4v) is 8.65. The fourth-order valence-electron chi connectivity index (χ4n) is 8.65. The van der Waals surface area contributed by atoms with E-state index in [4.69, 9.17) is 0 Å². The summed E-state index contributed by atoms with van der Waals surface area (Å²) in [5.74, 6) is 0.635. The largest absolute Gasteiger partial charge is 0.481 e. The van der Waals surface area contributed by atoms with Gasteiger partial charge in [-0.25, -0.2) is 0 Å². The van der Waals surface area contributed by atoms with E-state index in [2.05, 4.69) is 26.8 Å². The van der Waals surface area contributed by atoms with E-state index >= 15 is 0 Å². The monoisotopic (exact) mass is 448 g/mol. The molecule has 0 aromatic carbocycles. The lowest BCUT2D eigenvalue weighted by atomic mass is 9.46. The van der Waals surface area contributed by atoms with Crippen molar-refractivity contribution in [1.29, 1.82) is 0 Å².